The number of amides is 2. The molecule has 178 valence electrons. The topological polar surface area (TPSA) is 85.9 Å². The van der Waals surface area contributed by atoms with E-state index in [0.717, 1.165) is 21.2 Å². The Bertz CT molecular complexity index is 1270. The van der Waals surface area contributed by atoms with Crippen molar-refractivity contribution in [3.05, 3.63) is 105 Å². The number of urea groups is 1. The summed E-state index contributed by atoms with van der Waals surface area (Å²) in [6.45, 7) is 0.345. The zero-order valence-electron chi connectivity index (χ0n) is 18.8. The highest BCUT2D eigenvalue weighted by atomic mass is 79.9. The average Bonchev–Trinajstić information content (AvgIpc) is 3.35. The lowest BCUT2D eigenvalue weighted by Crippen LogP contribution is -2.46. The number of aryl methyl sites for hydroxylation is 1. The van der Waals surface area contributed by atoms with Gasteiger partial charge in [0.2, 0.25) is 6.79 Å². The molecule has 0 aliphatic carbocycles. The van der Waals surface area contributed by atoms with Gasteiger partial charge in [-0.25, -0.2) is 9.59 Å². The number of hydrogen-bond acceptors (Lipinski definition) is 5. The molecule has 2 aliphatic rings. The minimum atomic E-state index is -0.633. The molecule has 5 rings (SSSR count). The average molecular weight is 535 g/mol. The molecule has 3 aromatic carbocycles. The number of carbonyl (C=O) groups excluding carboxylic acids is 2. The molecule has 0 spiro atoms. The fourth-order valence-corrected chi connectivity index (χ4v) is 4.39. The number of benzene rings is 3. The maximum absolute atomic E-state index is 13.4. The van der Waals surface area contributed by atoms with Crippen LogP contribution >= 0.6 is 15.9 Å². The van der Waals surface area contributed by atoms with Gasteiger partial charge in [0.25, 0.3) is 0 Å². The quantitative estimate of drug-likeness (QED) is 0.409. The highest BCUT2D eigenvalue weighted by molar-refractivity contribution is 9.10. The van der Waals surface area contributed by atoms with Crippen molar-refractivity contribution in [2.75, 3.05) is 6.79 Å². The molecular weight excluding hydrogens is 512 g/mol. The summed E-state index contributed by atoms with van der Waals surface area (Å²) in [5, 5.41) is 5.73. The molecule has 8 heteroatoms. The van der Waals surface area contributed by atoms with Crippen molar-refractivity contribution in [2.45, 2.75) is 25.5 Å². The SMILES string of the molecule is O=C1NC(CCc2ccc3c(c2)OCO3)=C(C(=O)OCc2ccccc2)C(c2ccc(Br)cc2)N1. The standard InChI is InChI=1S/C27H23BrN2O5/c28-20-10-8-19(9-11-20)25-24(26(31)33-15-18-4-2-1-3-5-18)21(29-27(32)30-25)12-6-17-7-13-22-23(14-17)35-16-34-22/h1-5,7-11,13-14,25H,6,12,15-16H2,(H2,29,30,32). The van der Waals surface area contributed by atoms with E-state index >= 15 is 0 Å². The van der Waals surface area contributed by atoms with Gasteiger partial charge in [0.15, 0.2) is 11.5 Å². The molecule has 0 saturated carbocycles. The van der Waals surface area contributed by atoms with Gasteiger partial charge in [-0.05, 0) is 53.8 Å². The molecule has 35 heavy (non-hydrogen) atoms. The third-order valence-electron chi connectivity index (χ3n) is 5.89. The maximum atomic E-state index is 13.4. The second-order valence-electron chi connectivity index (χ2n) is 8.22. The Balaban J connectivity index is 1.44. The molecule has 1 unspecified atom stereocenters. The summed E-state index contributed by atoms with van der Waals surface area (Å²) < 4.78 is 17.4. The Kier molecular flexibility index (Phi) is 6.72. The molecule has 0 bridgehead atoms. The third kappa shape index (κ3) is 5.33. The lowest BCUT2D eigenvalue weighted by atomic mass is 9.93. The second kappa shape index (κ2) is 10.2. The molecule has 2 amide bonds. The molecule has 0 fully saturated rings. The zero-order chi connectivity index (χ0) is 24.2. The summed E-state index contributed by atoms with van der Waals surface area (Å²) in [5.74, 6) is 0.930. The number of esters is 1. The normalized spacial score (nSPS) is 16.5. The monoisotopic (exact) mass is 534 g/mol. The summed E-state index contributed by atoms with van der Waals surface area (Å²) in [6.07, 6.45) is 1.03. The molecule has 0 saturated heterocycles. The fraction of sp³-hybridized carbons (Fsp3) is 0.185. The van der Waals surface area contributed by atoms with E-state index in [1.54, 1.807) is 0 Å². The lowest BCUT2D eigenvalue weighted by Gasteiger charge is -2.29. The summed E-state index contributed by atoms with van der Waals surface area (Å²) in [6, 6.07) is 21.8. The molecule has 1 atom stereocenters. The Morgan fingerprint density at radius 2 is 1.71 bits per heavy atom. The van der Waals surface area contributed by atoms with Crippen molar-refractivity contribution in [3.63, 3.8) is 0 Å². The van der Waals surface area contributed by atoms with Gasteiger partial charge in [-0.1, -0.05) is 64.5 Å². The van der Waals surface area contributed by atoms with Crippen LogP contribution in [0.5, 0.6) is 11.5 Å². The summed E-state index contributed by atoms with van der Waals surface area (Å²) >= 11 is 3.44. The van der Waals surface area contributed by atoms with Crippen molar-refractivity contribution in [3.8, 4) is 11.5 Å². The van der Waals surface area contributed by atoms with Crippen LogP contribution < -0.4 is 20.1 Å². The van der Waals surface area contributed by atoms with Crippen LogP contribution in [-0.4, -0.2) is 18.8 Å². The van der Waals surface area contributed by atoms with Crippen molar-refractivity contribution in [2.24, 2.45) is 0 Å². The molecule has 3 aromatic rings. The fourth-order valence-electron chi connectivity index (χ4n) is 4.13. The van der Waals surface area contributed by atoms with E-state index in [2.05, 4.69) is 26.6 Å². The van der Waals surface area contributed by atoms with Crippen LogP contribution in [0.3, 0.4) is 0 Å². The van der Waals surface area contributed by atoms with Crippen molar-refractivity contribution in [1.29, 1.82) is 0 Å². The van der Waals surface area contributed by atoms with Gasteiger partial charge in [0.05, 0.1) is 11.6 Å². The number of hydrogen-bond donors (Lipinski definition) is 2. The first kappa shape index (κ1) is 23.0. The van der Waals surface area contributed by atoms with Gasteiger partial charge in [0, 0.05) is 10.2 Å². The number of carbonyl (C=O) groups is 2. The van der Waals surface area contributed by atoms with Crippen LogP contribution in [-0.2, 0) is 22.6 Å². The zero-order valence-corrected chi connectivity index (χ0v) is 20.3. The summed E-state index contributed by atoms with van der Waals surface area (Å²) in [5.41, 5.74) is 3.61. The lowest BCUT2D eigenvalue weighted by molar-refractivity contribution is -0.140. The van der Waals surface area contributed by atoms with Crippen LogP contribution in [0, 0.1) is 0 Å². The van der Waals surface area contributed by atoms with E-state index in [0.29, 0.717) is 35.6 Å². The predicted octanol–water partition coefficient (Wildman–Crippen LogP) is 5.16. The van der Waals surface area contributed by atoms with E-state index in [-0.39, 0.29) is 19.4 Å². The van der Waals surface area contributed by atoms with Crippen molar-refractivity contribution < 1.29 is 23.8 Å². The largest absolute Gasteiger partial charge is 0.457 e. The maximum Gasteiger partial charge on any atom is 0.338 e. The second-order valence-corrected chi connectivity index (χ2v) is 9.14. The van der Waals surface area contributed by atoms with Crippen LogP contribution in [0.4, 0.5) is 4.79 Å². The Labute approximate surface area is 211 Å². The first-order chi connectivity index (χ1) is 17.1. The molecule has 2 aliphatic heterocycles. The number of allylic oxidation sites excluding steroid dienone is 1. The molecule has 2 heterocycles. The number of halogens is 1. The van der Waals surface area contributed by atoms with Gasteiger partial charge in [-0.15, -0.1) is 0 Å². The Morgan fingerprint density at radius 3 is 2.51 bits per heavy atom. The number of fused-ring (bicyclic) bond motifs is 1. The van der Waals surface area contributed by atoms with E-state index in [9.17, 15) is 9.59 Å². The van der Waals surface area contributed by atoms with Gasteiger partial charge in [-0.2, -0.15) is 0 Å². The van der Waals surface area contributed by atoms with E-state index in [4.69, 9.17) is 14.2 Å². The third-order valence-corrected chi connectivity index (χ3v) is 6.42. The smallest absolute Gasteiger partial charge is 0.338 e. The molecule has 0 radical (unpaired) electrons. The Morgan fingerprint density at radius 1 is 0.943 bits per heavy atom. The number of rotatable bonds is 7. The minimum Gasteiger partial charge on any atom is -0.457 e. The van der Waals surface area contributed by atoms with Crippen LogP contribution in [0.1, 0.15) is 29.2 Å². The number of ether oxygens (including phenoxy) is 3. The summed E-state index contributed by atoms with van der Waals surface area (Å²) in [4.78, 5) is 26.0. The van der Waals surface area contributed by atoms with E-state index in [1.165, 1.54) is 0 Å². The van der Waals surface area contributed by atoms with Gasteiger partial charge >= 0.3 is 12.0 Å². The van der Waals surface area contributed by atoms with E-state index in [1.807, 2.05) is 72.8 Å². The highest BCUT2D eigenvalue weighted by Gasteiger charge is 2.33. The molecule has 7 nitrogen and oxygen atoms in total. The predicted molar refractivity (Wildman–Crippen MR) is 133 cm³/mol. The highest BCUT2D eigenvalue weighted by Crippen LogP contribution is 2.34. The van der Waals surface area contributed by atoms with Gasteiger partial charge in [-0.3, -0.25) is 0 Å². The van der Waals surface area contributed by atoms with Crippen LogP contribution in [0.25, 0.3) is 0 Å². The minimum absolute atomic E-state index is 0.139. The van der Waals surface area contributed by atoms with Crippen molar-refractivity contribution >= 4 is 27.9 Å². The van der Waals surface area contributed by atoms with Crippen LogP contribution in [0.2, 0.25) is 0 Å². The Hall–Kier alpha value is -3.78. The van der Waals surface area contributed by atoms with Gasteiger partial charge in [0.1, 0.15) is 6.61 Å². The van der Waals surface area contributed by atoms with Crippen molar-refractivity contribution in [1.82, 2.24) is 10.6 Å². The molecule has 0 aromatic heterocycles. The van der Waals surface area contributed by atoms with Crippen LogP contribution in [0.15, 0.2) is 88.5 Å². The van der Waals surface area contributed by atoms with Gasteiger partial charge < -0.3 is 24.8 Å². The first-order valence-electron chi connectivity index (χ1n) is 11.2. The molecular formula is C27H23BrN2O5. The molecule has 2 N–H and O–H groups in total. The van der Waals surface area contributed by atoms with E-state index < -0.39 is 12.0 Å². The first-order valence-corrected chi connectivity index (χ1v) is 12.0. The number of nitrogens with one attached hydrogen (secondary N) is 2. The summed E-state index contributed by atoms with van der Waals surface area (Å²) in [7, 11) is 0.